The van der Waals surface area contributed by atoms with Crippen molar-refractivity contribution in [1.29, 1.82) is 0 Å². The van der Waals surface area contributed by atoms with Crippen LogP contribution in [0.5, 0.6) is 0 Å². The van der Waals surface area contributed by atoms with E-state index in [1.165, 1.54) is 23.5 Å². The number of halogens is 1. The van der Waals surface area contributed by atoms with Crippen LogP contribution in [0, 0.1) is 12.7 Å². The van der Waals surface area contributed by atoms with Crippen LogP contribution in [0.3, 0.4) is 0 Å². The Morgan fingerprint density at radius 3 is 2.42 bits per heavy atom. The first-order valence-corrected chi connectivity index (χ1v) is 7.57. The van der Waals surface area contributed by atoms with E-state index in [0.717, 1.165) is 0 Å². The van der Waals surface area contributed by atoms with Crippen molar-refractivity contribution >= 4 is 10.0 Å². The summed E-state index contributed by atoms with van der Waals surface area (Å²) in [5.41, 5.74) is 0.696. The Balaban J connectivity index is 3.36. The molecule has 0 saturated heterocycles. The Hall–Kier alpha value is -0.980. The molecule has 0 fully saturated rings. The molecule has 0 radical (unpaired) electrons. The van der Waals surface area contributed by atoms with Gasteiger partial charge in [0.2, 0.25) is 10.0 Å². The Labute approximate surface area is 114 Å². The van der Waals surface area contributed by atoms with E-state index in [0.29, 0.717) is 17.7 Å². The van der Waals surface area contributed by atoms with Gasteiger partial charge in [0.05, 0.1) is 4.90 Å². The van der Waals surface area contributed by atoms with Crippen molar-refractivity contribution in [1.82, 2.24) is 9.62 Å². The molecule has 19 heavy (non-hydrogen) atoms. The predicted molar refractivity (Wildman–Crippen MR) is 74.0 cm³/mol. The average Bonchev–Trinajstić information content (AvgIpc) is 2.33. The molecular weight excluding hydrogens is 267 g/mol. The van der Waals surface area contributed by atoms with Gasteiger partial charge < -0.3 is 5.32 Å². The van der Waals surface area contributed by atoms with E-state index < -0.39 is 10.0 Å². The molecule has 0 saturated carbocycles. The third-order valence-electron chi connectivity index (χ3n) is 3.07. The van der Waals surface area contributed by atoms with Crippen molar-refractivity contribution in [3.63, 3.8) is 0 Å². The van der Waals surface area contributed by atoms with E-state index in [1.807, 2.05) is 0 Å². The van der Waals surface area contributed by atoms with Crippen molar-refractivity contribution in [2.75, 3.05) is 14.1 Å². The highest BCUT2D eigenvalue weighted by Crippen LogP contribution is 2.22. The third kappa shape index (κ3) is 3.32. The molecule has 0 aliphatic heterocycles. The number of nitrogens with one attached hydrogen (secondary N) is 1. The summed E-state index contributed by atoms with van der Waals surface area (Å²) < 4.78 is 39.9. The first-order chi connectivity index (χ1) is 8.71. The van der Waals surface area contributed by atoms with Gasteiger partial charge in [0.25, 0.3) is 0 Å². The van der Waals surface area contributed by atoms with E-state index in [-0.39, 0.29) is 16.8 Å². The molecule has 1 N–H and O–H groups in total. The zero-order chi connectivity index (χ0) is 14.8. The summed E-state index contributed by atoms with van der Waals surface area (Å²) in [7, 11) is -0.365. The van der Waals surface area contributed by atoms with Crippen LogP contribution in [-0.2, 0) is 16.6 Å². The summed E-state index contributed by atoms with van der Waals surface area (Å²) in [5, 5.41) is 2.83. The van der Waals surface area contributed by atoms with Gasteiger partial charge in [-0.1, -0.05) is 0 Å². The van der Waals surface area contributed by atoms with E-state index >= 15 is 0 Å². The molecule has 0 aromatic heterocycles. The number of aryl methyl sites for hydroxylation is 1. The molecule has 1 aromatic carbocycles. The highest BCUT2D eigenvalue weighted by atomic mass is 32.2. The van der Waals surface area contributed by atoms with Crippen molar-refractivity contribution < 1.29 is 12.8 Å². The van der Waals surface area contributed by atoms with Gasteiger partial charge in [-0.25, -0.2) is 12.8 Å². The number of rotatable bonds is 5. The molecule has 1 aromatic rings. The summed E-state index contributed by atoms with van der Waals surface area (Å²) in [6, 6.07) is 2.62. The van der Waals surface area contributed by atoms with E-state index in [1.54, 1.807) is 27.8 Å². The first kappa shape index (κ1) is 16.1. The van der Waals surface area contributed by atoms with E-state index in [4.69, 9.17) is 0 Å². The molecule has 1 rings (SSSR count). The summed E-state index contributed by atoms with van der Waals surface area (Å²) >= 11 is 0. The molecule has 6 heteroatoms. The smallest absolute Gasteiger partial charge is 0.243 e. The van der Waals surface area contributed by atoms with Gasteiger partial charge in [0.1, 0.15) is 5.82 Å². The number of benzene rings is 1. The normalized spacial score (nSPS) is 12.4. The van der Waals surface area contributed by atoms with Crippen LogP contribution in [0.25, 0.3) is 0 Å². The van der Waals surface area contributed by atoms with Crippen LogP contribution >= 0.6 is 0 Å². The second-order valence-corrected chi connectivity index (χ2v) is 6.86. The maximum absolute atomic E-state index is 13.9. The number of hydrogen-bond donors (Lipinski definition) is 1. The van der Waals surface area contributed by atoms with Gasteiger partial charge >= 0.3 is 0 Å². The molecule has 0 atom stereocenters. The fourth-order valence-corrected chi connectivity index (χ4v) is 3.22. The molecule has 4 nitrogen and oxygen atoms in total. The zero-order valence-corrected chi connectivity index (χ0v) is 12.8. The lowest BCUT2D eigenvalue weighted by Crippen LogP contribution is -2.33. The van der Waals surface area contributed by atoms with Gasteiger partial charge in [-0.15, -0.1) is 0 Å². The third-order valence-corrected chi connectivity index (χ3v) is 5.09. The first-order valence-electron chi connectivity index (χ1n) is 6.13. The quantitative estimate of drug-likeness (QED) is 0.900. The predicted octanol–water partition coefficient (Wildman–Crippen LogP) is 1.88. The van der Waals surface area contributed by atoms with Crippen LogP contribution < -0.4 is 5.32 Å². The van der Waals surface area contributed by atoms with Crippen molar-refractivity contribution in [2.45, 2.75) is 38.3 Å². The minimum atomic E-state index is -3.58. The zero-order valence-electron chi connectivity index (χ0n) is 12.0. The van der Waals surface area contributed by atoms with Gasteiger partial charge in [0, 0.05) is 25.2 Å². The molecule has 0 aliphatic rings. The Morgan fingerprint density at radius 1 is 1.37 bits per heavy atom. The monoisotopic (exact) mass is 288 g/mol. The maximum atomic E-state index is 13.9. The maximum Gasteiger partial charge on any atom is 0.243 e. The summed E-state index contributed by atoms with van der Waals surface area (Å²) in [5.74, 6) is -0.361. The van der Waals surface area contributed by atoms with Crippen LogP contribution in [0.1, 0.15) is 25.0 Å². The largest absolute Gasteiger partial charge is 0.316 e. The average molecular weight is 288 g/mol. The summed E-state index contributed by atoms with van der Waals surface area (Å²) in [6.07, 6.45) is 0. The fourth-order valence-electron chi connectivity index (χ4n) is 1.72. The van der Waals surface area contributed by atoms with Crippen molar-refractivity contribution in [3.05, 3.63) is 29.1 Å². The van der Waals surface area contributed by atoms with Gasteiger partial charge in [0.15, 0.2) is 0 Å². The second-order valence-electron chi connectivity index (χ2n) is 4.86. The van der Waals surface area contributed by atoms with Crippen LogP contribution in [0.2, 0.25) is 0 Å². The summed E-state index contributed by atoms with van der Waals surface area (Å²) in [6.45, 7) is 5.45. The lowest BCUT2D eigenvalue weighted by atomic mass is 10.1. The lowest BCUT2D eigenvalue weighted by Gasteiger charge is -2.21. The molecule has 0 unspecified atom stereocenters. The minimum Gasteiger partial charge on any atom is -0.316 e. The Kier molecular flexibility index (Phi) is 5.06. The van der Waals surface area contributed by atoms with Gasteiger partial charge in [-0.3, -0.25) is 0 Å². The highest BCUT2D eigenvalue weighted by molar-refractivity contribution is 7.89. The molecule has 0 amide bonds. The standard InChI is InChI=1S/C13H21FN2O2S/c1-9(2)16(5)19(17,18)12-6-10(3)13(14)11(7-12)8-15-4/h6-7,9,15H,8H2,1-5H3. The molecule has 0 heterocycles. The van der Waals surface area contributed by atoms with E-state index in [2.05, 4.69) is 5.32 Å². The highest BCUT2D eigenvalue weighted by Gasteiger charge is 2.24. The number of hydrogen-bond acceptors (Lipinski definition) is 3. The minimum absolute atomic E-state index is 0.132. The molecule has 0 bridgehead atoms. The SMILES string of the molecule is CNCc1cc(S(=O)(=O)N(C)C(C)C)cc(C)c1F. The number of nitrogens with zero attached hydrogens (tertiary/aromatic N) is 1. The van der Waals surface area contributed by atoms with Gasteiger partial charge in [-0.05, 0) is 45.5 Å². The van der Waals surface area contributed by atoms with E-state index in [9.17, 15) is 12.8 Å². The van der Waals surface area contributed by atoms with Crippen LogP contribution in [0.15, 0.2) is 17.0 Å². The van der Waals surface area contributed by atoms with Crippen LogP contribution in [-0.4, -0.2) is 32.9 Å². The van der Waals surface area contributed by atoms with Crippen LogP contribution in [0.4, 0.5) is 4.39 Å². The lowest BCUT2D eigenvalue weighted by molar-refractivity contribution is 0.410. The van der Waals surface area contributed by atoms with Crippen molar-refractivity contribution in [3.8, 4) is 0 Å². The summed E-state index contributed by atoms with van der Waals surface area (Å²) in [4.78, 5) is 0.132. The second kappa shape index (κ2) is 5.98. The number of sulfonamides is 1. The molecule has 108 valence electrons. The van der Waals surface area contributed by atoms with Crippen molar-refractivity contribution in [2.24, 2.45) is 0 Å². The topological polar surface area (TPSA) is 49.4 Å². The van der Waals surface area contributed by atoms with Gasteiger partial charge in [-0.2, -0.15) is 4.31 Å². The Morgan fingerprint density at radius 2 is 1.95 bits per heavy atom. The molecule has 0 spiro atoms. The molecule has 0 aliphatic carbocycles. The Bertz CT molecular complexity index is 556. The fraction of sp³-hybridized carbons (Fsp3) is 0.538. The molecular formula is C13H21FN2O2S.